The molecule has 0 saturated carbocycles. The lowest BCUT2D eigenvalue weighted by atomic mass is 10.1. The summed E-state index contributed by atoms with van der Waals surface area (Å²) in [6.07, 6.45) is 0. The summed E-state index contributed by atoms with van der Waals surface area (Å²) in [5.74, 6) is 4.71. The molecule has 1 heterocycles. The van der Waals surface area contributed by atoms with Crippen LogP contribution in [0.15, 0.2) is 48.5 Å². The van der Waals surface area contributed by atoms with Crippen molar-refractivity contribution in [2.75, 3.05) is 29.5 Å². The van der Waals surface area contributed by atoms with E-state index in [1.54, 1.807) is 34.1 Å². The van der Waals surface area contributed by atoms with Crippen molar-refractivity contribution in [3.63, 3.8) is 0 Å². The van der Waals surface area contributed by atoms with Gasteiger partial charge in [-0.2, -0.15) is 0 Å². The van der Waals surface area contributed by atoms with Gasteiger partial charge in [-0.15, -0.1) is 0 Å². The Balaban J connectivity index is 1.85. The van der Waals surface area contributed by atoms with Crippen LogP contribution in [0, 0.1) is 6.92 Å². The van der Waals surface area contributed by atoms with Gasteiger partial charge in [0, 0.05) is 24.3 Å². The highest BCUT2D eigenvalue weighted by atomic mass is 32.2. The summed E-state index contributed by atoms with van der Waals surface area (Å²) < 4.78 is 23.4. The zero-order chi connectivity index (χ0) is 21.0. The normalized spacial score (nSPS) is 15.6. The van der Waals surface area contributed by atoms with Crippen LogP contribution in [-0.4, -0.2) is 49.9 Å². The summed E-state index contributed by atoms with van der Waals surface area (Å²) in [4.78, 5) is 28.0. The van der Waals surface area contributed by atoms with E-state index >= 15 is 0 Å². The molecule has 1 fully saturated rings. The Morgan fingerprint density at radius 2 is 1.76 bits per heavy atom. The van der Waals surface area contributed by atoms with Crippen LogP contribution in [-0.2, 0) is 16.4 Å². The molecular formula is C20H24N4O4S. The van der Waals surface area contributed by atoms with Crippen LogP contribution in [0.3, 0.4) is 0 Å². The van der Waals surface area contributed by atoms with Gasteiger partial charge in [0.2, 0.25) is 0 Å². The zero-order valence-corrected chi connectivity index (χ0v) is 17.0. The minimum absolute atomic E-state index is 0.0245. The molecule has 3 N–H and O–H groups in total. The highest BCUT2D eigenvalue weighted by molar-refractivity contribution is 7.91. The van der Waals surface area contributed by atoms with Crippen molar-refractivity contribution < 1.29 is 18.0 Å². The molecule has 2 aromatic rings. The third kappa shape index (κ3) is 5.12. The van der Waals surface area contributed by atoms with Gasteiger partial charge in [0.25, 0.3) is 5.91 Å². The fraction of sp³-hybridized carbons (Fsp3) is 0.300. The molecule has 0 bridgehead atoms. The number of carbonyl (C=O) groups is 2. The van der Waals surface area contributed by atoms with Gasteiger partial charge in [-0.3, -0.25) is 15.1 Å². The van der Waals surface area contributed by atoms with Crippen molar-refractivity contribution in [3.05, 3.63) is 65.2 Å². The smallest absolute Gasteiger partial charge is 0.322 e. The fourth-order valence-corrected chi connectivity index (χ4v) is 4.37. The summed E-state index contributed by atoms with van der Waals surface area (Å²) >= 11 is 0. The summed E-state index contributed by atoms with van der Waals surface area (Å²) in [5, 5.41) is 0. The lowest BCUT2D eigenvalue weighted by Crippen LogP contribution is -2.49. The molecule has 9 heteroatoms. The van der Waals surface area contributed by atoms with Crippen LogP contribution in [0.25, 0.3) is 0 Å². The number of rotatable bonds is 4. The number of nitrogen functional groups attached to an aromatic ring is 1. The maximum absolute atomic E-state index is 13.2. The topological polar surface area (TPSA) is 113 Å². The molecular weight excluding hydrogens is 392 g/mol. The predicted molar refractivity (Wildman–Crippen MR) is 111 cm³/mol. The highest BCUT2D eigenvalue weighted by Gasteiger charge is 2.29. The lowest BCUT2D eigenvalue weighted by molar-refractivity contribution is 0.0953. The van der Waals surface area contributed by atoms with E-state index in [0.29, 0.717) is 5.56 Å². The van der Waals surface area contributed by atoms with Crippen molar-refractivity contribution in [1.82, 2.24) is 10.3 Å². The molecule has 0 atom stereocenters. The van der Waals surface area contributed by atoms with E-state index in [2.05, 4.69) is 5.43 Å². The number of amides is 3. The number of anilines is 1. The number of carbonyl (C=O) groups excluding carboxylic acids is 2. The number of nitrogens with zero attached hydrogens (tertiary/aromatic N) is 2. The van der Waals surface area contributed by atoms with Gasteiger partial charge in [-0.25, -0.2) is 19.1 Å². The zero-order valence-electron chi connectivity index (χ0n) is 16.2. The maximum Gasteiger partial charge on any atom is 0.324 e. The first kappa shape index (κ1) is 20.8. The van der Waals surface area contributed by atoms with Crippen LogP contribution >= 0.6 is 0 Å². The number of nitrogens with two attached hydrogens (primary N) is 1. The van der Waals surface area contributed by atoms with Crippen LogP contribution < -0.4 is 16.2 Å². The minimum Gasteiger partial charge on any atom is -0.322 e. The van der Waals surface area contributed by atoms with E-state index < -0.39 is 15.7 Å². The Morgan fingerprint density at radius 1 is 1.10 bits per heavy atom. The molecule has 29 heavy (non-hydrogen) atoms. The average molecular weight is 417 g/mol. The quantitative estimate of drug-likeness (QED) is 0.445. The van der Waals surface area contributed by atoms with E-state index in [0.717, 1.165) is 16.8 Å². The second kappa shape index (κ2) is 8.62. The van der Waals surface area contributed by atoms with Gasteiger partial charge in [0.15, 0.2) is 9.84 Å². The van der Waals surface area contributed by atoms with E-state index in [4.69, 9.17) is 5.84 Å². The number of sulfone groups is 1. The van der Waals surface area contributed by atoms with Crippen molar-refractivity contribution in [2.24, 2.45) is 5.84 Å². The van der Waals surface area contributed by atoms with E-state index in [9.17, 15) is 18.0 Å². The third-order valence-electron chi connectivity index (χ3n) is 4.85. The first-order chi connectivity index (χ1) is 13.8. The minimum atomic E-state index is -3.08. The molecule has 2 aromatic carbocycles. The molecule has 0 spiro atoms. The third-order valence-corrected chi connectivity index (χ3v) is 6.46. The number of hydrazine groups is 1. The van der Waals surface area contributed by atoms with E-state index in [-0.39, 0.29) is 37.2 Å². The lowest BCUT2D eigenvalue weighted by Gasteiger charge is -2.33. The second-order valence-electron chi connectivity index (χ2n) is 7.02. The molecule has 3 rings (SSSR count). The van der Waals surface area contributed by atoms with Crippen molar-refractivity contribution in [2.45, 2.75) is 13.5 Å². The Morgan fingerprint density at radius 3 is 2.34 bits per heavy atom. The highest BCUT2D eigenvalue weighted by Crippen LogP contribution is 2.22. The SMILES string of the molecule is Cc1cccc(N(Cc2ccc(C(=O)NN)cc2)C(=O)N2CCS(=O)(=O)CC2)c1. The molecule has 0 radical (unpaired) electrons. The molecule has 3 amide bonds. The van der Waals surface area contributed by atoms with Gasteiger partial charge >= 0.3 is 6.03 Å². The summed E-state index contributed by atoms with van der Waals surface area (Å²) in [5.41, 5.74) is 5.08. The van der Waals surface area contributed by atoms with Crippen LogP contribution in [0.5, 0.6) is 0 Å². The van der Waals surface area contributed by atoms with Crippen LogP contribution in [0.2, 0.25) is 0 Å². The number of hydrogen-bond acceptors (Lipinski definition) is 5. The second-order valence-corrected chi connectivity index (χ2v) is 9.32. The van der Waals surface area contributed by atoms with Crippen LogP contribution in [0.4, 0.5) is 10.5 Å². The Labute approximate surface area is 170 Å². The molecule has 8 nitrogen and oxygen atoms in total. The predicted octanol–water partition coefficient (Wildman–Crippen LogP) is 1.46. The van der Waals surface area contributed by atoms with Crippen molar-refractivity contribution >= 4 is 27.5 Å². The van der Waals surface area contributed by atoms with Crippen LogP contribution in [0.1, 0.15) is 21.5 Å². The standard InChI is InChI=1S/C20H24N4O4S/c1-15-3-2-4-18(13-15)24(20(26)23-9-11-29(27,28)12-10-23)14-16-5-7-17(8-6-16)19(25)22-21/h2-8,13H,9-12,14,21H2,1H3,(H,22,25). The number of benzene rings is 2. The number of nitrogens with one attached hydrogen (secondary N) is 1. The fourth-order valence-electron chi connectivity index (χ4n) is 3.17. The molecule has 154 valence electrons. The van der Waals surface area contributed by atoms with E-state index in [1.807, 2.05) is 31.2 Å². The molecule has 1 aliphatic rings. The number of urea groups is 1. The van der Waals surface area contributed by atoms with E-state index in [1.165, 1.54) is 0 Å². The summed E-state index contributed by atoms with van der Waals surface area (Å²) in [6, 6.07) is 14.2. The van der Waals surface area contributed by atoms with Gasteiger partial charge in [-0.05, 0) is 42.3 Å². The monoisotopic (exact) mass is 416 g/mol. The maximum atomic E-state index is 13.2. The first-order valence-electron chi connectivity index (χ1n) is 9.22. The van der Waals surface area contributed by atoms with Gasteiger partial charge in [-0.1, -0.05) is 24.3 Å². The molecule has 1 aliphatic heterocycles. The van der Waals surface area contributed by atoms with Crippen molar-refractivity contribution in [1.29, 1.82) is 0 Å². The Bertz CT molecular complexity index is 991. The van der Waals surface area contributed by atoms with Gasteiger partial charge < -0.3 is 4.90 Å². The molecule has 0 unspecified atom stereocenters. The Kier molecular flexibility index (Phi) is 6.19. The largest absolute Gasteiger partial charge is 0.324 e. The van der Waals surface area contributed by atoms with Gasteiger partial charge in [0.1, 0.15) is 0 Å². The summed E-state index contributed by atoms with van der Waals surface area (Å²) in [7, 11) is -3.08. The number of hydrogen-bond donors (Lipinski definition) is 2. The molecule has 0 aliphatic carbocycles. The average Bonchev–Trinajstić information content (AvgIpc) is 2.71. The van der Waals surface area contributed by atoms with Crippen molar-refractivity contribution in [3.8, 4) is 0 Å². The first-order valence-corrected chi connectivity index (χ1v) is 11.0. The van der Waals surface area contributed by atoms with Gasteiger partial charge in [0.05, 0.1) is 18.1 Å². The number of aryl methyl sites for hydroxylation is 1. The molecule has 1 saturated heterocycles. The molecule has 0 aromatic heterocycles. The summed E-state index contributed by atoms with van der Waals surface area (Å²) in [6.45, 7) is 2.59. The Hall–Kier alpha value is -2.91.